The Morgan fingerprint density at radius 1 is 1.28 bits per heavy atom. The lowest BCUT2D eigenvalue weighted by Crippen LogP contribution is -2.35. The van der Waals surface area contributed by atoms with Crippen LogP contribution >= 0.6 is 11.3 Å². The van der Waals surface area contributed by atoms with Crippen LogP contribution in [0.3, 0.4) is 0 Å². The number of aromatic nitrogens is 2. The number of sulfonamides is 1. The van der Waals surface area contributed by atoms with E-state index in [1.807, 2.05) is 0 Å². The van der Waals surface area contributed by atoms with Gasteiger partial charge in [0.15, 0.2) is 0 Å². The van der Waals surface area contributed by atoms with Gasteiger partial charge in [-0.1, -0.05) is 0 Å². The van der Waals surface area contributed by atoms with E-state index in [1.54, 1.807) is 11.7 Å². The largest absolute Gasteiger partial charge is 0.385 e. The van der Waals surface area contributed by atoms with Crippen molar-refractivity contribution in [3.8, 4) is 0 Å². The molecule has 1 aliphatic heterocycles. The summed E-state index contributed by atoms with van der Waals surface area (Å²) in [6, 6.07) is 4.81. The molecule has 0 saturated heterocycles. The summed E-state index contributed by atoms with van der Waals surface area (Å²) in [6.45, 7) is 1.52. The average Bonchev–Trinajstić information content (AvgIpc) is 3.08. The zero-order valence-electron chi connectivity index (χ0n) is 15.8. The molecular weight excluding hydrogens is 417 g/mol. The zero-order chi connectivity index (χ0) is 20.6. The van der Waals surface area contributed by atoms with Crippen molar-refractivity contribution < 1.29 is 17.5 Å². The maximum absolute atomic E-state index is 13.1. The number of nitrogens with zero attached hydrogens (tertiary/aromatic N) is 3. The van der Waals surface area contributed by atoms with Crippen LogP contribution in [0.5, 0.6) is 0 Å². The quantitative estimate of drug-likeness (QED) is 0.553. The van der Waals surface area contributed by atoms with Gasteiger partial charge in [-0.15, -0.1) is 11.3 Å². The molecule has 10 heteroatoms. The molecule has 1 aromatic carbocycles. The summed E-state index contributed by atoms with van der Waals surface area (Å²) in [5, 5.41) is 0.587. The molecule has 7 nitrogen and oxygen atoms in total. The number of benzene rings is 1. The number of hydrogen-bond acceptors (Lipinski definition) is 6. The smallest absolute Gasteiger partial charge is 0.262 e. The lowest BCUT2D eigenvalue weighted by molar-refractivity contribution is 0.190. The highest BCUT2D eigenvalue weighted by Crippen LogP contribution is 2.34. The minimum atomic E-state index is -3.74. The monoisotopic (exact) mass is 437 g/mol. The molecule has 0 aliphatic carbocycles. The Kier molecular flexibility index (Phi) is 5.52. The Balaban J connectivity index is 1.65. The van der Waals surface area contributed by atoms with Gasteiger partial charge in [-0.2, -0.15) is 4.31 Å². The topological polar surface area (TPSA) is 81.5 Å². The molecule has 29 heavy (non-hydrogen) atoms. The third-order valence-corrected chi connectivity index (χ3v) is 7.98. The standard InChI is InChI=1S/C19H20FN3O4S2/c1-27-10-2-8-22-12-21-18-17(19(22)24)15-7-9-23(11-16(15)28-18)29(25,26)14-5-3-13(20)4-6-14/h3-6,12H,2,7-11H2,1H3. The summed E-state index contributed by atoms with van der Waals surface area (Å²) < 4.78 is 46.9. The SMILES string of the molecule is COCCCn1cnc2sc3c(c2c1=O)CCN(S(=O)(=O)c1ccc(F)cc1)C3. The fourth-order valence-electron chi connectivity index (χ4n) is 3.49. The van der Waals surface area contributed by atoms with Crippen LogP contribution in [0.25, 0.3) is 10.2 Å². The lowest BCUT2D eigenvalue weighted by Gasteiger charge is -2.26. The highest BCUT2D eigenvalue weighted by molar-refractivity contribution is 7.89. The van der Waals surface area contributed by atoms with Gasteiger partial charge in [0.2, 0.25) is 10.0 Å². The van der Waals surface area contributed by atoms with Crippen molar-refractivity contribution in [3.05, 3.63) is 57.2 Å². The Hall–Kier alpha value is -2.14. The van der Waals surface area contributed by atoms with E-state index in [-0.39, 0.29) is 23.5 Å². The second kappa shape index (κ2) is 7.94. The van der Waals surface area contributed by atoms with Crippen LogP contribution in [0.1, 0.15) is 16.9 Å². The summed E-state index contributed by atoms with van der Waals surface area (Å²) in [4.78, 5) is 18.8. The van der Waals surface area contributed by atoms with Gasteiger partial charge >= 0.3 is 0 Å². The fraction of sp³-hybridized carbons (Fsp3) is 0.368. The molecule has 3 aromatic rings. The molecular formula is C19H20FN3O4S2. The molecule has 154 valence electrons. The van der Waals surface area contributed by atoms with E-state index in [1.165, 1.54) is 34.1 Å². The summed E-state index contributed by atoms with van der Waals surface area (Å²) >= 11 is 1.35. The normalized spacial score (nSPS) is 15.0. The van der Waals surface area contributed by atoms with Crippen LogP contribution in [0, 0.1) is 5.82 Å². The van der Waals surface area contributed by atoms with Crippen LogP contribution < -0.4 is 5.56 Å². The van der Waals surface area contributed by atoms with Gasteiger partial charge in [0, 0.05) is 38.2 Å². The molecule has 0 N–H and O–H groups in total. The second-order valence-electron chi connectivity index (χ2n) is 6.82. The molecule has 2 aromatic heterocycles. The van der Waals surface area contributed by atoms with Crippen LogP contribution in [-0.2, 0) is 34.3 Å². The second-order valence-corrected chi connectivity index (χ2v) is 9.84. The number of aryl methyl sites for hydroxylation is 1. The first kappa shape index (κ1) is 20.1. The van der Waals surface area contributed by atoms with E-state index in [2.05, 4.69) is 4.98 Å². The fourth-order valence-corrected chi connectivity index (χ4v) is 6.18. The first-order chi connectivity index (χ1) is 13.9. The predicted molar refractivity (Wildman–Crippen MR) is 108 cm³/mol. The van der Waals surface area contributed by atoms with E-state index < -0.39 is 15.8 Å². The van der Waals surface area contributed by atoms with Gasteiger partial charge in [0.1, 0.15) is 10.6 Å². The molecule has 0 atom stereocenters. The predicted octanol–water partition coefficient (Wildman–Crippen LogP) is 2.38. The van der Waals surface area contributed by atoms with Crippen molar-refractivity contribution >= 4 is 31.6 Å². The zero-order valence-corrected chi connectivity index (χ0v) is 17.4. The first-order valence-corrected chi connectivity index (χ1v) is 11.4. The average molecular weight is 438 g/mol. The van der Waals surface area contributed by atoms with Crippen LogP contribution in [0.2, 0.25) is 0 Å². The van der Waals surface area contributed by atoms with E-state index >= 15 is 0 Å². The van der Waals surface area contributed by atoms with Crippen molar-refractivity contribution in [2.75, 3.05) is 20.3 Å². The number of thiophene rings is 1. The Morgan fingerprint density at radius 3 is 2.76 bits per heavy atom. The van der Waals surface area contributed by atoms with Crippen molar-refractivity contribution in [1.82, 2.24) is 13.9 Å². The number of halogens is 1. The van der Waals surface area contributed by atoms with Crippen molar-refractivity contribution in [1.29, 1.82) is 0 Å². The minimum absolute atomic E-state index is 0.0575. The Bertz CT molecular complexity index is 1200. The van der Waals surface area contributed by atoms with E-state index in [4.69, 9.17) is 4.74 Å². The van der Waals surface area contributed by atoms with Gasteiger partial charge in [-0.25, -0.2) is 17.8 Å². The molecule has 0 unspecified atom stereocenters. The molecule has 1 aliphatic rings. The van der Waals surface area contributed by atoms with Gasteiger partial charge in [0.05, 0.1) is 16.6 Å². The van der Waals surface area contributed by atoms with E-state index in [9.17, 15) is 17.6 Å². The molecule has 0 spiro atoms. The highest BCUT2D eigenvalue weighted by Gasteiger charge is 2.31. The number of rotatable bonds is 6. The van der Waals surface area contributed by atoms with E-state index in [0.29, 0.717) is 36.2 Å². The summed E-state index contributed by atoms with van der Waals surface area (Å²) in [5.41, 5.74) is 0.785. The molecule has 0 amide bonds. The van der Waals surface area contributed by atoms with Crippen LogP contribution in [0.4, 0.5) is 4.39 Å². The minimum Gasteiger partial charge on any atom is -0.385 e. The highest BCUT2D eigenvalue weighted by atomic mass is 32.2. The van der Waals surface area contributed by atoms with Crippen molar-refractivity contribution in [3.63, 3.8) is 0 Å². The summed E-state index contributed by atoms with van der Waals surface area (Å²) in [5.74, 6) is -0.484. The molecule has 4 rings (SSSR count). The van der Waals surface area contributed by atoms with Gasteiger partial charge < -0.3 is 4.74 Å². The van der Waals surface area contributed by atoms with Gasteiger partial charge in [-0.3, -0.25) is 9.36 Å². The molecule has 0 bridgehead atoms. The lowest BCUT2D eigenvalue weighted by atomic mass is 10.1. The third kappa shape index (κ3) is 3.73. The number of methoxy groups -OCH3 is 1. The maximum Gasteiger partial charge on any atom is 0.262 e. The maximum atomic E-state index is 13.1. The molecule has 0 fully saturated rings. The van der Waals surface area contributed by atoms with Crippen molar-refractivity contribution in [2.24, 2.45) is 0 Å². The summed E-state index contributed by atoms with van der Waals surface area (Å²) in [7, 11) is -2.12. The summed E-state index contributed by atoms with van der Waals surface area (Å²) in [6.07, 6.45) is 2.68. The third-order valence-electron chi connectivity index (χ3n) is 4.99. The molecule has 3 heterocycles. The van der Waals surface area contributed by atoms with Crippen LogP contribution in [0.15, 0.2) is 40.3 Å². The van der Waals surface area contributed by atoms with Gasteiger partial charge in [0.25, 0.3) is 5.56 Å². The number of ether oxygens (including phenoxy) is 1. The van der Waals surface area contributed by atoms with E-state index in [0.717, 1.165) is 22.6 Å². The first-order valence-electron chi connectivity index (χ1n) is 9.16. The number of fused-ring (bicyclic) bond motifs is 3. The van der Waals surface area contributed by atoms with Crippen LogP contribution in [-0.4, -0.2) is 42.5 Å². The van der Waals surface area contributed by atoms with Gasteiger partial charge in [-0.05, 0) is 42.7 Å². The molecule has 0 radical (unpaired) electrons. The van der Waals surface area contributed by atoms with Crippen molar-refractivity contribution in [2.45, 2.75) is 30.8 Å². The Morgan fingerprint density at radius 2 is 2.03 bits per heavy atom. The number of hydrogen-bond donors (Lipinski definition) is 0. The molecule has 0 saturated carbocycles. The Labute approximate surface area is 171 Å².